The lowest BCUT2D eigenvalue weighted by Gasteiger charge is -2.40. The first-order valence-electron chi connectivity index (χ1n) is 11.9. The first kappa shape index (κ1) is 27.2. The number of aromatic nitrogens is 2. The highest BCUT2D eigenvalue weighted by atomic mass is 35.5. The van der Waals surface area contributed by atoms with Crippen molar-refractivity contribution in [3.63, 3.8) is 0 Å². The normalized spacial score (nSPS) is 18.0. The molecule has 4 rings (SSSR count). The third-order valence-electron chi connectivity index (χ3n) is 6.26. The zero-order valence-electron chi connectivity index (χ0n) is 21.0. The number of oxazole rings is 1. The molecule has 9 nitrogen and oxygen atoms in total. The highest BCUT2D eigenvalue weighted by molar-refractivity contribution is 7.92. The van der Waals surface area contributed by atoms with Crippen molar-refractivity contribution in [2.45, 2.75) is 31.6 Å². The number of piperidine rings is 1. The number of thiophene rings is 1. The van der Waals surface area contributed by atoms with E-state index in [0.717, 1.165) is 17.9 Å². The summed E-state index contributed by atoms with van der Waals surface area (Å²) >= 11 is 7.25. The Hall–Kier alpha value is -2.89. The van der Waals surface area contributed by atoms with E-state index in [1.54, 1.807) is 29.4 Å². The summed E-state index contributed by atoms with van der Waals surface area (Å²) in [6.45, 7) is 5.95. The van der Waals surface area contributed by atoms with Crippen LogP contribution in [0.15, 0.2) is 47.7 Å². The van der Waals surface area contributed by atoms with Gasteiger partial charge < -0.3 is 19.5 Å². The molecule has 2 atom stereocenters. The summed E-state index contributed by atoms with van der Waals surface area (Å²) in [5.41, 5.74) is 1.42. The number of aryl methyl sites for hydroxylation is 1. The minimum absolute atomic E-state index is 0.136. The molecule has 0 radical (unpaired) electrons. The number of hydrogen-bond donors (Lipinski definition) is 1. The van der Waals surface area contributed by atoms with Crippen molar-refractivity contribution in [3.05, 3.63) is 53.3 Å². The Morgan fingerprint density at radius 1 is 1.35 bits per heavy atom. The van der Waals surface area contributed by atoms with Crippen molar-refractivity contribution in [2.24, 2.45) is 5.92 Å². The van der Waals surface area contributed by atoms with Gasteiger partial charge in [-0.2, -0.15) is 0 Å². The highest BCUT2D eigenvalue weighted by Crippen LogP contribution is 2.38. The van der Waals surface area contributed by atoms with Gasteiger partial charge >= 0.3 is 0 Å². The molecule has 1 N–H and O–H groups in total. The molecular weight excluding hydrogens is 534 g/mol. The number of hydrogen-bond acceptors (Lipinski definition) is 9. The van der Waals surface area contributed by atoms with Crippen molar-refractivity contribution in [1.29, 1.82) is 0 Å². The molecule has 198 valence electrons. The quantitative estimate of drug-likeness (QED) is 0.368. The standard InChI is InChI=1S/C25H30ClN5O4S2/c1-5-11-37(33,34)22-13-16(24(32)29-21-8-7-20(26)36-21)9-10-31(22)23-19(30(3)4)12-17(14-27-23)25-28-15-18(6-2)35-25/h5,7-8,12,14-16,22H,1,6,9-11,13H2,2-4H3,(H,29,32). The number of amides is 1. The lowest BCUT2D eigenvalue weighted by molar-refractivity contribution is -0.120. The first-order chi connectivity index (χ1) is 17.6. The molecule has 0 aromatic carbocycles. The largest absolute Gasteiger partial charge is 0.441 e. The van der Waals surface area contributed by atoms with Gasteiger partial charge in [0.25, 0.3) is 0 Å². The van der Waals surface area contributed by atoms with E-state index in [1.807, 2.05) is 32.0 Å². The number of sulfone groups is 1. The summed E-state index contributed by atoms with van der Waals surface area (Å²) in [7, 11) is 0.0932. The van der Waals surface area contributed by atoms with E-state index in [4.69, 9.17) is 16.0 Å². The average Bonchev–Trinajstić information content (AvgIpc) is 3.52. The Kier molecular flexibility index (Phi) is 8.25. The number of nitrogens with one attached hydrogen (secondary N) is 1. The molecule has 3 aromatic heterocycles. The zero-order chi connectivity index (χ0) is 26.7. The monoisotopic (exact) mass is 563 g/mol. The van der Waals surface area contributed by atoms with Gasteiger partial charge in [0.2, 0.25) is 11.8 Å². The van der Waals surface area contributed by atoms with Gasteiger partial charge in [-0.3, -0.25) is 4.79 Å². The Balaban J connectivity index is 1.66. The number of rotatable bonds is 9. The predicted octanol–water partition coefficient (Wildman–Crippen LogP) is 4.86. The first-order valence-corrected chi connectivity index (χ1v) is 14.8. The van der Waals surface area contributed by atoms with Gasteiger partial charge in [0.05, 0.1) is 32.5 Å². The second-order valence-electron chi connectivity index (χ2n) is 9.03. The lowest BCUT2D eigenvalue weighted by Crippen LogP contribution is -2.50. The summed E-state index contributed by atoms with van der Waals surface area (Å²) in [5, 5.41) is 2.57. The molecule has 0 bridgehead atoms. The second-order valence-corrected chi connectivity index (χ2v) is 12.9. The minimum Gasteiger partial charge on any atom is -0.441 e. The molecule has 0 aliphatic carbocycles. The minimum atomic E-state index is -3.65. The van der Waals surface area contributed by atoms with Crippen molar-refractivity contribution < 1.29 is 17.6 Å². The van der Waals surface area contributed by atoms with Crippen LogP contribution >= 0.6 is 22.9 Å². The molecular formula is C25H30ClN5O4S2. The Labute approximate surface area is 226 Å². The maximum Gasteiger partial charge on any atom is 0.228 e. The van der Waals surface area contributed by atoms with Gasteiger partial charge in [-0.05, 0) is 31.0 Å². The molecule has 0 saturated carbocycles. The molecule has 37 heavy (non-hydrogen) atoms. The van der Waals surface area contributed by atoms with Crippen molar-refractivity contribution >= 4 is 55.2 Å². The van der Waals surface area contributed by atoms with Crippen LogP contribution in [0.3, 0.4) is 0 Å². The number of halogens is 1. The van der Waals surface area contributed by atoms with E-state index in [2.05, 4.69) is 21.9 Å². The van der Waals surface area contributed by atoms with Crippen molar-refractivity contribution in [3.8, 4) is 11.5 Å². The fraction of sp³-hybridized carbons (Fsp3) is 0.400. The molecule has 1 aliphatic rings. The summed E-state index contributed by atoms with van der Waals surface area (Å²) in [4.78, 5) is 25.7. The molecule has 1 amide bonds. The van der Waals surface area contributed by atoms with E-state index < -0.39 is 21.1 Å². The molecule has 0 spiro atoms. The summed E-state index contributed by atoms with van der Waals surface area (Å²) in [6.07, 6.45) is 6.05. The molecule has 12 heteroatoms. The van der Waals surface area contributed by atoms with E-state index in [9.17, 15) is 13.2 Å². The van der Waals surface area contributed by atoms with Crippen LogP contribution in [0, 0.1) is 5.92 Å². The second kappa shape index (κ2) is 11.2. The number of carbonyl (C=O) groups excluding carboxylic acids is 1. The number of pyridine rings is 1. The maximum absolute atomic E-state index is 13.4. The van der Waals surface area contributed by atoms with Gasteiger partial charge in [-0.15, -0.1) is 17.9 Å². The van der Waals surface area contributed by atoms with Gasteiger partial charge in [-0.1, -0.05) is 24.6 Å². The Morgan fingerprint density at radius 3 is 2.76 bits per heavy atom. The third-order valence-corrected chi connectivity index (χ3v) is 9.38. The molecule has 2 unspecified atom stereocenters. The topological polar surface area (TPSA) is 109 Å². The van der Waals surface area contributed by atoms with Crippen molar-refractivity contribution in [1.82, 2.24) is 9.97 Å². The van der Waals surface area contributed by atoms with Crippen LogP contribution in [0.4, 0.5) is 16.5 Å². The Bertz CT molecular complexity index is 1390. The van der Waals surface area contributed by atoms with Crippen LogP contribution < -0.4 is 15.1 Å². The summed E-state index contributed by atoms with van der Waals surface area (Å²) in [5.74, 6) is 0.851. The van der Waals surface area contributed by atoms with E-state index in [0.29, 0.717) is 39.6 Å². The highest BCUT2D eigenvalue weighted by Gasteiger charge is 2.41. The van der Waals surface area contributed by atoms with Gasteiger partial charge in [-0.25, -0.2) is 18.4 Å². The SMILES string of the molecule is C=CCS(=O)(=O)C1CC(C(=O)Nc2ccc(Cl)s2)CCN1c1ncc(-c2ncc(CC)o2)cc1N(C)C. The average molecular weight is 564 g/mol. The van der Waals surface area contributed by atoms with Crippen LogP contribution in [0.2, 0.25) is 4.34 Å². The zero-order valence-corrected chi connectivity index (χ0v) is 23.4. The van der Waals surface area contributed by atoms with Gasteiger partial charge in [0, 0.05) is 39.2 Å². The van der Waals surface area contributed by atoms with E-state index in [-0.39, 0.29) is 18.1 Å². The predicted molar refractivity (Wildman–Crippen MR) is 149 cm³/mol. The molecule has 4 heterocycles. The lowest BCUT2D eigenvalue weighted by atomic mass is 9.95. The van der Waals surface area contributed by atoms with Crippen LogP contribution in [-0.4, -0.2) is 56.1 Å². The van der Waals surface area contributed by atoms with Crippen LogP contribution in [0.5, 0.6) is 0 Å². The van der Waals surface area contributed by atoms with Crippen LogP contribution in [0.1, 0.15) is 25.5 Å². The molecule has 3 aromatic rings. The van der Waals surface area contributed by atoms with E-state index in [1.165, 1.54) is 17.4 Å². The Morgan fingerprint density at radius 2 is 2.14 bits per heavy atom. The number of carbonyl (C=O) groups is 1. The van der Waals surface area contributed by atoms with E-state index >= 15 is 0 Å². The molecule has 1 fully saturated rings. The maximum atomic E-state index is 13.4. The number of anilines is 3. The van der Waals surface area contributed by atoms with Crippen LogP contribution in [0.25, 0.3) is 11.5 Å². The third kappa shape index (κ3) is 6.00. The fourth-order valence-corrected chi connectivity index (χ4v) is 6.96. The molecule has 1 saturated heterocycles. The number of nitrogens with zero attached hydrogens (tertiary/aromatic N) is 4. The van der Waals surface area contributed by atoms with Gasteiger partial charge in [0.1, 0.15) is 11.1 Å². The van der Waals surface area contributed by atoms with Gasteiger partial charge in [0.15, 0.2) is 15.7 Å². The summed E-state index contributed by atoms with van der Waals surface area (Å²) < 4.78 is 33.1. The fourth-order valence-electron chi connectivity index (χ4n) is 4.35. The smallest absolute Gasteiger partial charge is 0.228 e. The van der Waals surface area contributed by atoms with Crippen molar-refractivity contribution in [2.75, 3.05) is 41.5 Å². The molecule has 1 aliphatic heterocycles. The summed E-state index contributed by atoms with van der Waals surface area (Å²) in [6, 6.07) is 5.34. The van der Waals surface area contributed by atoms with Crippen LogP contribution in [-0.2, 0) is 21.1 Å².